The molecule has 0 heterocycles. The van der Waals surface area contributed by atoms with Gasteiger partial charge < -0.3 is 0 Å². The van der Waals surface area contributed by atoms with E-state index >= 15 is 0 Å². The van der Waals surface area contributed by atoms with Crippen molar-refractivity contribution in [3.8, 4) is 6.07 Å². The van der Waals surface area contributed by atoms with Gasteiger partial charge in [0.25, 0.3) is 0 Å². The largest absolute Gasteiger partial charge is 0.192 e. The molecule has 0 spiro atoms. The number of hydrogen-bond acceptors (Lipinski definition) is 1. The van der Waals surface area contributed by atoms with Gasteiger partial charge in [-0.1, -0.05) is 41.1 Å². The van der Waals surface area contributed by atoms with Crippen LogP contribution in [0.25, 0.3) is 0 Å². The predicted octanol–water partition coefficient (Wildman–Crippen LogP) is 3.84. The molecule has 74 valence electrons. The van der Waals surface area contributed by atoms with Crippen LogP contribution in [-0.2, 0) is 0 Å². The van der Waals surface area contributed by atoms with E-state index in [2.05, 4.69) is 35.0 Å². The summed E-state index contributed by atoms with van der Waals surface area (Å²) in [5.41, 5.74) is 1.99. The van der Waals surface area contributed by atoms with E-state index in [-0.39, 0.29) is 0 Å². The first-order valence-electron chi connectivity index (χ1n) is 4.84. The summed E-state index contributed by atoms with van der Waals surface area (Å²) in [6.45, 7) is 2.18. The van der Waals surface area contributed by atoms with Crippen LogP contribution in [0.15, 0.2) is 24.3 Å². The van der Waals surface area contributed by atoms with Crippen molar-refractivity contribution in [1.82, 2.24) is 0 Å². The number of rotatable bonds is 4. The van der Waals surface area contributed by atoms with E-state index in [9.17, 15) is 0 Å². The third-order valence-electron chi connectivity index (χ3n) is 2.38. The highest BCUT2D eigenvalue weighted by atomic mass is 79.9. The Kier molecular flexibility index (Phi) is 4.69. The van der Waals surface area contributed by atoms with Crippen LogP contribution in [0.2, 0.25) is 0 Å². The Labute approximate surface area is 93.9 Å². The van der Waals surface area contributed by atoms with Crippen molar-refractivity contribution in [2.45, 2.75) is 25.7 Å². The third-order valence-corrected chi connectivity index (χ3v) is 2.94. The first kappa shape index (κ1) is 11.3. The first-order chi connectivity index (χ1) is 6.79. The topological polar surface area (TPSA) is 23.8 Å². The SMILES string of the molecule is CC(CCCBr)c1ccccc1C#N. The molecular formula is C12H14BrN. The molecule has 0 radical (unpaired) electrons. The van der Waals surface area contributed by atoms with Gasteiger partial charge in [0.1, 0.15) is 0 Å². The second-order valence-corrected chi connectivity index (χ2v) is 4.22. The van der Waals surface area contributed by atoms with Crippen molar-refractivity contribution in [1.29, 1.82) is 5.26 Å². The summed E-state index contributed by atoms with van der Waals surface area (Å²) in [6, 6.07) is 10.1. The highest BCUT2D eigenvalue weighted by molar-refractivity contribution is 9.09. The number of alkyl halides is 1. The van der Waals surface area contributed by atoms with Gasteiger partial charge in [-0.05, 0) is 30.4 Å². The van der Waals surface area contributed by atoms with E-state index in [0.717, 1.165) is 23.7 Å². The lowest BCUT2D eigenvalue weighted by Crippen LogP contribution is -1.97. The van der Waals surface area contributed by atoms with Gasteiger partial charge >= 0.3 is 0 Å². The van der Waals surface area contributed by atoms with Crippen LogP contribution in [0, 0.1) is 11.3 Å². The Morgan fingerprint density at radius 1 is 1.43 bits per heavy atom. The fourth-order valence-electron chi connectivity index (χ4n) is 1.57. The van der Waals surface area contributed by atoms with Crippen molar-refractivity contribution >= 4 is 15.9 Å². The molecule has 2 heteroatoms. The molecule has 0 aliphatic heterocycles. The number of nitriles is 1. The lowest BCUT2D eigenvalue weighted by Gasteiger charge is -2.12. The molecule has 0 aliphatic carbocycles. The van der Waals surface area contributed by atoms with Crippen molar-refractivity contribution < 1.29 is 0 Å². The molecule has 1 nitrogen and oxygen atoms in total. The summed E-state index contributed by atoms with van der Waals surface area (Å²) in [7, 11) is 0. The average molecular weight is 252 g/mol. The van der Waals surface area contributed by atoms with Crippen LogP contribution in [0.5, 0.6) is 0 Å². The quantitative estimate of drug-likeness (QED) is 0.747. The van der Waals surface area contributed by atoms with Crippen molar-refractivity contribution in [3.63, 3.8) is 0 Å². The third kappa shape index (κ3) is 2.85. The molecule has 0 aromatic heterocycles. The molecule has 0 saturated heterocycles. The van der Waals surface area contributed by atoms with E-state index in [4.69, 9.17) is 5.26 Å². The molecule has 14 heavy (non-hydrogen) atoms. The molecule has 0 aliphatic rings. The Hall–Kier alpha value is -0.810. The fourth-order valence-corrected chi connectivity index (χ4v) is 1.89. The van der Waals surface area contributed by atoms with E-state index in [1.807, 2.05) is 18.2 Å². The minimum absolute atomic E-state index is 0.475. The lowest BCUT2D eigenvalue weighted by atomic mass is 9.93. The Morgan fingerprint density at radius 2 is 2.14 bits per heavy atom. The maximum atomic E-state index is 8.93. The number of hydrogen-bond donors (Lipinski definition) is 0. The number of nitrogens with zero attached hydrogens (tertiary/aromatic N) is 1. The molecule has 1 atom stereocenters. The normalized spacial score (nSPS) is 12.1. The van der Waals surface area contributed by atoms with Crippen molar-refractivity contribution in [2.24, 2.45) is 0 Å². The summed E-state index contributed by atoms with van der Waals surface area (Å²) in [5, 5.41) is 9.97. The summed E-state index contributed by atoms with van der Waals surface area (Å²) in [4.78, 5) is 0. The summed E-state index contributed by atoms with van der Waals surface area (Å²) < 4.78 is 0. The highest BCUT2D eigenvalue weighted by Gasteiger charge is 2.08. The first-order valence-corrected chi connectivity index (χ1v) is 5.96. The molecule has 1 aromatic rings. The standard InChI is InChI=1S/C12H14BrN/c1-10(5-4-8-13)12-7-3-2-6-11(12)9-14/h2-3,6-7,10H,4-5,8H2,1H3. The zero-order valence-corrected chi connectivity index (χ0v) is 9.92. The molecule has 0 saturated carbocycles. The van der Waals surface area contributed by atoms with Gasteiger partial charge in [-0.2, -0.15) is 5.26 Å². The van der Waals surface area contributed by atoms with Gasteiger partial charge in [0.05, 0.1) is 11.6 Å². The highest BCUT2D eigenvalue weighted by Crippen LogP contribution is 2.23. The van der Waals surface area contributed by atoms with Gasteiger partial charge in [0, 0.05) is 5.33 Å². The van der Waals surface area contributed by atoms with E-state index in [1.54, 1.807) is 0 Å². The predicted molar refractivity (Wildman–Crippen MR) is 62.6 cm³/mol. The van der Waals surface area contributed by atoms with E-state index in [0.29, 0.717) is 5.92 Å². The van der Waals surface area contributed by atoms with Crippen molar-refractivity contribution in [2.75, 3.05) is 5.33 Å². The van der Waals surface area contributed by atoms with Gasteiger partial charge in [-0.25, -0.2) is 0 Å². The molecule has 0 bridgehead atoms. The van der Waals surface area contributed by atoms with Crippen molar-refractivity contribution in [3.05, 3.63) is 35.4 Å². The number of benzene rings is 1. The Morgan fingerprint density at radius 3 is 2.79 bits per heavy atom. The minimum Gasteiger partial charge on any atom is -0.192 e. The molecule has 1 aromatic carbocycles. The molecular weight excluding hydrogens is 238 g/mol. The van der Waals surface area contributed by atoms with E-state index in [1.165, 1.54) is 5.56 Å². The summed E-state index contributed by atoms with van der Waals surface area (Å²) in [5.74, 6) is 0.475. The van der Waals surface area contributed by atoms with E-state index < -0.39 is 0 Å². The molecule has 0 amide bonds. The lowest BCUT2D eigenvalue weighted by molar-refractivity contribution is 0.669. The van der Waals surface area contributed by atoms with Gasteiger partial charge in [0.15, 0.2) is 0 Å². The fraction of sp³-hybridized carbons (Fsp3) is 0.417. The second kappa shape index (κ2) is 5.82. The summed E-state index contributed by atoms with van der Waals surface area (Å²) >= 11 is 3.42. The maximum absolute atomic E-state index is 8.93. The Bertz CT molecular complexity index is 327. The smallest absolute Gasteiger partial charge is 0.0994 e. The number of halogens is 1. The van der Waals surface area contributed by atoms with Gasteiger partial charge in [0.2, 0.25) is 0 Å². The zero-order valence-electron chi connectivity index (χ0n) is 8.33. The van der Waals surface area contributed by atoms with Crippen LogP contribution in [-0.4, -0.2) is 5.33 Å². The van der Waals surface area contributed by atoms with Crippen LogP contribution in [0.3, 0.4) is 0 Å². The van der Waals surface area contributed by atoms with Crippen LogP contribution < -0.4 is 0 Å². The molecule has 1 rings (SSSR count). The van der Waals surface area contributed by atoms with Gasteiger partial charge in [-0.15, -0.1) is 0 Å². The average Bonchev–Trinajstić information content (AvgIpc) is 2.25. The molecule has 0 N–H and O–H groups in total. The van der Waals surface area contributed by atoms with Gasteiger partial charge in [-0.3, -0.25) is 0 Å². The van der Waals surface area contributed by atoms with Crippen LogP contribution in [0.1, 0.15) is 36.8 Å². The zero-order chi connectivity index (χ0) is 10.4. The molecule has 1 unspecified atom stereocenters. The Balaban J connectivity index is 2.79. The van der Waals surface area contributed by atoms with Crippen LogP contribution in [0.4, 0.5) is 0 Å². The molecule has 0 fully saturated rings. The maximum Gasteiger partial charge on any atom is 0.0994 e. The summed E-state index contributed by atoms with van der Waals surface area (Å²) in [6.07, 6.45) is 2.28. The second-order valence-electron chi connectivity index (χ2n) is 3.43. The van der Waals surface area contributed by atoms with Crippen LogP contribution >= 0.6 is 15.9 Å². The minimum atomic E-state index is 0.475. The monoisotopic (exact) mass is 251 g/mol.